The molecule has 2 aromatic carbocycles. The van der Waals surface area contributed by atoms with Gasteiger partial charge in [-0.2, -0.15) is 0 Å². The van der Waals surface area contributed by atoms with Crippen molar-refractivity contribution in [2.45, 2.75) is 19.0 Å². The summed E-state index contributed by atoms with van der Waals surface area (Å²) in [5.74, 6) is -0.0300. The standard InChI is InChI=1S/C26H33N5O4/c1-35-22-9-7-21(8-10-22)28-24(32)17-23-26(34)27-11-12-31(23)25(33)19-30-15-13-29(14-16-30)18-20-5-3-2-4-6-20/h2-10,23H,11-19H2,1H3,(H,27,34)(H,28,32). The van der Waals surface area contributed by atoms with Crippen molar-refractivity contribution in [1.82, 2.24) is 20.0 Å². The molecule has 2 N–H and O–H groups in total. The first-order chi connectivity index (χ1) is 17.0. The van der Waals surface area contributed by atoms with Crippen LogP contribution in [0.1, 0.15) is 12.0 Å². The third-order valence-electron chi connectivity index (χ3n) is 6.48. The summed E-state index contributed by atoms with van der Waals surface area (Å²) in [5.41, 5.74) is 1.89. The number of carbonyl (C=O) groups excluding carboxylic acids is 3. The van der Waals surface area contributed by atoms with Crippen LogP contribution < -0.4 is 15.4 Å². The van der Waals surface area contributed by atoms with Crippen LogP contribution in [0.5, 0.6) is 5.75 Å². The molecule has 1 unspecified atom stereocenters. The maximum atomic E-state index is 13.2. The Morgan fingerprint density at radius 3 is 2.34 bits per heavy atom. The fourth-order valence-corrected chi connectivity index (χ4v) is 4.51. The van der Waals surface area contributed by atoms with Crippen molar-refractivity contribution in [2.75, 3.05) is 58.2 Å². The normalized spacial score (nSPS) is 19.2. The van der Waals surface area contributed by atoms with E-state index in [1.807, 2.05) is 18.2 Å². The summed E-state index contributed by atoms with van der Waals surface area (Å²) in [7, 11) is 1.57. The molecule has 1 atom stereocenters. The average molecular weight is 480 g/mol. The number of anilines is 1. The molecule has 2 saturated heterocycles. The Morgan fingerprint density at radius 2 is 1.66 bits per heavy atom. The van der Waals surface area contributed by atoms with Gasteiger partial charge in [0.05, 0.1) is 20.1 Å². The van der Waals surface area contributed by atoms with E-state index in [9.17, 15) is 14.4 Å². The van der Waals surface area contributed by atoms with Gasteiger partial charge in [0.1, 0.15) is 11.8 Å². The molecule has 2 heterocycles. The van der Waals surface area contributed by atoms with Crippen LogP contribution in [0.3, 0.4) is 0 Å². The Labute approximate surface area is 206 Å². The van der Waals surface area contributed by atoms with Crippen LogP contribution in [0.15, 0.2) is 54.6 Å². The van der Waals surface area contributed by atoms with Crippen LogP contribution in [-0.4, -0.2) is 91.4 Å². The van der Waals surface area contributed by atoms with Crippen molar-refractivity contribution < 1.29 is 19.1 Å². The molecule has 9 nitrogen and oxygen atoms in total. The second-order valence-electron chi connectivity index (χ2n) is 8.91. The highest BCUT2D eigenvalue weighted by Gasteiger charge is 2.35. The highest BCUT2D eigenvalue weighted by Crippen LogP contribution is 2.17. The summed E-state index contributed by atoms with van der Waals surface area (Å²) in [4.78, 5) is 44.4. The fraction of sp³-hybridized carbons (Fsp3) is 0.423. The Kier molecular flexibility index (Phi) is 8.33. The molecule has 0 aliphatic carbocycles. The van der Waals surface area contributed by atoms with Crippen LogP contribution >= 0.6 is 0 Å². The quantitative estimate of drug-likeness (QED) is 0.590. The molecule has 186 valence electrons. The number of nitrogens with zero attached hydrogens (tertiary/aromatic N) is 3. The lowest BCUT2D eigenvalue weighted by Crippen LogP contribution is -2.60. The third kappa shape index (κ3) is 6.80. The molecule has 2 aliphatic rings. The van der Waals surface area contributed by atoms with Crippen molar-refractivity contribution in [3.8, 4) is 5.75 Å². The molecule has 0 saturated carbocycles. The topological polar surface area (TPSA) is 94.2 Å². The predicted molar refractivity (Wildman–Crippen MR) is 133 cm³/mol. The van der Waals surface area contributed by atoms with Crippen molar-refractivity contribution in [3.63, 3.8) is 0 Å². The lowest BCUT2D eigenvalue weighted by Gasteiger charge is -2.38. The summed E-state index contributed by atoms with van der Waals surface area (Å²) in [6, 6.07) is 16.5. The van der Waals surface area contributed by atoms with Gasteiger partial charge >= 0.3 is 0 Å². The van der Waals surface area contributed by atoms with E-state index in [2.05, 4.69) is 32.6 Å². The van der Waals surface area contributed by atoms with E-state index in [1.165, 1.54) is 5.56 Å². The molecule has 0 radical (unpaired) electrons. The monoisotopic (exact) mass is 479 g/mol. The maximum absolute atomic E-state index is 13.2. The molecule has 2 aromatic rings. The number of ether oxygens (including phenoxy) is 1. The van der Waals surface area contributed by atoms with Crippen LogP contribution in [0.25, 0.3) is 0 Å². The molecule has 4 rings (SSSR count). The number of piperazine rings is 2. The number of benzene rings is 2. The Bertz CT molecular complexity index is 1010. The molecule has 0 aromatic heterocycles. The zero-order valence-corrected chi connectivity index (χ0v) is 20.1. The summed E-state index contributed by atoms with van der Waals surface area (Å²) in [6.07, 6.45) is -0.0888. The number of rotatable bonds is 8. The van der Waals surface area contributed by atoms with E-state index in [0.717, 1.165) is 32.7 Å². The number of methoxy groups -OCH3 is 1. The minimum absolute atomic E-state index is 0.0888. The lowest BCUT2D eigenvalue weighted by molar-refractivity contribution is -0.145. The summed E-state index contributed by atoms with van der Waals surface area (Å²) >= 11 is 0. The molecule has 2 fully saturated rings. The SMILES string of the molecule is COc1ccc(NC(=O)CC2C(=O)NCCN2C(=O)CN2CCN(Cc3ccccc3)CC2)cc1. The van der Waals surface area contributed by atoms with Crippen LogP contribution in [0.2, 0.25) is 0 Å². The molecular formula is C26H33N5O4. The summed E-state index contributed by atoms with van der Waals surface area (Å²) in [6.45, 7) is 5.31. The van der Waals surface area contributed by atoms with Crippen molar-refractivity contribution in [1.29, 1.82) is 0 Å². The van der Waals surface area contributed by atoms with Gasteiger partial charge in [-0.25, -0.2) is 0 Å². The molecule has 9 heteroatoms. The zero-order valence-electron chi connectivity index (χ0n) is 20.1. The number of hydrogen-bond donors (Lipinski definition) is 2. The molecule has 0 bridgehead atoms. The Morgan fingerprint density at radius 1 is 0.971 bits per heavy atom. The van der Waals surface area contributed by atoms with E-state index >= 15 is 0 Å². The average Bonchev–Trinajstić information content (AvgIpc) is 2.87. The predicted octanol–water partition coefficient (Wildman–Crippen LogP) is 1.17. The highest BCUT2D eigenvalue weighted by molar-refractivity contribution is 5.97. The van der Waals surface area contributed by atoms with Gasteiger partial charge in [-0.1, -0.05) is 30.3 Å². The lowest BCUT2D eigenvalue weighted by atomic mass is 10.1. The smallest absolute Gasteiger partial charge is 0.243 e. The fourth-order valence-electron chi connectivity index (χ4n) is 4.51. The van der Waals surface area contributed by atoms with Crippen molar-refractivity contribution in [2.24, 2.45) is 0 Å². The van der Waals surface area contributed by atoms with E-state index in [0.29, 0.717) is 24.5 Å². The zero-order chi connectivity index (χ0) is 24.6. The molecular weight excluding hydrogens is 446 g/mol. The van der Waals surface area contributed by atoms with Gasteiger partial charge in [0.15, 0.2) is 0 Å². The van der Waals surface area contributed by atoms with Crippen LogP contribution in [0.4, 0.5) is 5.69 Å². The first-order valence-corrected chi connectivity index (χ1v) is 12.0. The molecule has 2 aliphatic heterocycles. The van der Waals surface area contributed by atoms with Crippen LogP contribution in [0, 0.1) is 0 Å². The highest BCUT2D eigenvalue weighted by atomic mass is 16.5. The van der Waals surface area contributed by atoms with Gasteiger partial charge in [-0.15, -0.1) is 0 Å². The van der Waals surface area contributed by atoms with E-state index in [-0.39, 0.29) is 30.7 Å². The first kappa shape index (κ1) is 24.7. The minimum atomic E-state index is -0.811. The Hall–Kier alpha value is -3.43. The first-order valence-electron chi connectivity index (χ1n) is 12.0. The maximum Gasteiger partial charge on any atom is 0.243 e. The summed E-state index contributed by atoms with van der Waals surface area (Å²) in [5, 5.41) is 5.58. The molecule has 0 spiro atoms. The van der Waals surface area contributed by atoms with E-state index < -0.39 is 6.04 Å². The largest absolute Gasteiger partial charge is 0.497 e. The number of hydrogen-bond acceptors (Lipinski definition) is 6. The molecule has 35 heavy (non-hydrogen) atoms. The van der Waals surface area contributed by atoms with E-state index in [4.69, 9.17) is 4.74 Å². The Balaban J connectivity index is 1.28. The van der Waals surface area contributed by atoms with Crippen LogP contribution in [-0.2, 0) is 20.9 Å². The van der Waals surface area contributed by atoms with Gasteiger partial charge in [-0.05, 0) is 29.8 Å². The van der Waals surface area contributed by atoms with Gasteiger partial charge in [0.25, 0.3) is 0 Å². The second-order valence-corrected chi connectivity index (χ2v) is 8.91. The number of amides is 3. The third-order valence-corrected chi connectivity index (χ3v) is 6.48. The van der Waals surface area contributed by atoms with Gasteiger partial charge < -0.3 is 20.3 Å². The number of nitrogens with one attached hydrogen (secondary N) is 2. The van der Waals surface area contributed by atoms with Gasteiger partial charge in [-0.3, -0.25) is 24.2 Å². The summed E-state index contributed by atoms with van der Waals surface area (Å²) < 4.78 is 5.13. The van der Waals surface area contributed by atoms with Crippen molar-refractivity contribution >= 4 is 23.4 Å². The van der Waals surface area contributed by atoms with Gasteiger partial charge in [0, 0.05) is 51.5 Å². The number of carbonyl (C=O) groups is 3. The molecule has 3 amide bonds. The van der Waals surface area contributed by atoms with Gasteiger partial charge in [0.2, 0.25) is 17.7 Å². The second kappa shape index (κ2) is 11.8. The minimum Gasteiger partial charge on any atom is -0.497 e. The van der Waals surface area contributed by atoms with E-state index in [1.54, 1.807) is 36.3 Å². The van der Waals surface area contributed by atoms with Crippen molar-refractivity contribution in [3.05, 3.63) is 60.2 Å².